The maximum atomic E-state index is 13.1. The van der Waals surface area contributed by atoms with E-state index in [0.717, 1.165) is 102 Å². The van der Waals surface area contributed by atoms with Gasteiger partial charge in [-0.1, -0.05) is 369 Å². The average Bonchev–Trinajstić information content (AvgIpc) is 1.94. The lowest BCUT2D eigenvalue weighted by Gasteiger charge is -2.21. The standard InChI is InChI=1S/C80H156O17P2/c1-7-9-11-13-15-17-18-19-20-21-25-28-33-39-45-51-57-63-78(83)91-69-76(97-79(84)64-58-52-46-40-34-29-26-23-22-24-27-31-37-42-48-54-60-72(3)4)71-95-99(88,89)93-67-74(81)66-92-98(86,87)94-70-75(68-90-77(82)62-56-50-44-36-16-14-12-10-8-2)96-80(85)65-59-53-47-41-35-30-32-38-43-49-55-61-73(5)6/h72-76,81H,7-71H2,1-6H3,(H,86,87)(H,88,89)/t74-,75+,76+/m0/s1. The molecule has 0 heterocycles. The Morgan fingerprint density at radius 2 is 0.465 bits per heavy atom. The van der Waals surface area contributed by atoms with Gasteiger partial charge in [-0.2, -0.15) is 0 Å². The summed E-state index contributed by atoms with van der Waals surface area (Å²) in [5.41, 5.74) is 0. The van der Waals surface area contributed by atoms with Crippen molar-refractivity contribution in [3.63, 3.8) is 0 Å². The van der Waals surface area contributed by atoms with Gasteiger partial charge in [0.15, 0.2) is 12.2 Å². The average molecular weight is 1450 g/mol. The number of hydrogen-bond donors (Lipinski definition) is 3. The normalized spacial score (nSPS) is 13.9. The second kappa shape index (κ2) is 71.7. The van der Waals surface area contributed by atoms with Crippen molar-refractivity contribution in [1.82, 2.24) is 0 Å². The molecule has 0 amide bonds. The molecule has 3 N–H and O–H groups in total. The van der Waals surface area contributed by atoms with Crippen molar-refractivity contribution >= 4 is 39.5 Å². The van der Waals surface area contributed by atoms with Gasteiger partial charge in [-0.25, -0.2) is 9.13 Å². The molecular weight excluding hydrogens is 1290 g/mol. The number of carbonyl (C=O) groups is 4. The number of phosphoric acid groups is 2. The molecule has 0 aromatic heterocycles. The number of ether oxygens (including phenoxy) is 4. The highest BCUT2D eigenvalue weighted by atomic mass is 31.2. The molecule has 19 heteroatoms. The molecule has 2 unspecified atom stereocenters. The third kappa shape index (κ3) is 74.1. The molecule has 0 saturated heterocycles. The maximum Gasteiger partial charge on any atom is 0.472 e. The first-order valence-corrected chi connectivity index (χ1v) is 44.5. The van der Waals surface area contributed by atoms with Crippen molar-refractivity contribution in [2.75, 3.05) is 39.6 Å². The molecule has 0 aliphatic heterocycles. The molecule has 17 nitrogen and oxygen atoms in total. The van der Waals surface area contributed by atoms with Crippen LogP contribution >= 0.6 is 15.6 Å². The van der Waals surface area contributed by atoms with Crippen LogP contribution in [0.15, 0.2) is 0 Å². The van der Waals surface area contributed by atoms with E-state index in [1.807, 2.05) is 0 Å². The molecule has 0 aromatic rings. The lowest BCUT2D eigenvalue weighted by atomic mass is 10.0. The molecule has 0 bridgehead atoms. The number of phosphoric ester groups is 2. The molecule has 0 radical (unpaired) electrons. The zero-order valence-corrected chi connectivity index (χ0v) is 66.6. The Labute approximate surface area is 607 Å². The van der Waals surface area contributed by atoms with Gasteiger partial charge >= 0.3 is 39.5 Å². The van der Waals surface area contributed by atoms with Crippen LogP contribution in [-0.4, -0.2) is 96.7 Å². The third-order valence-electron chi connectivity index (χ3n) is 18.7. The van der Waals surface area contributed by atoms with Crippen LogP contribution in [0.4, 0.5) is 0 Å². The van der Waals surface area contributed by atoms with Gasteiger partial charge in [0.1, 0.15) is 19.3 Å². The summed E-state index contributed by atoms with van der Waals surface area (Å²) in [6.07, 6.45) is 61.0. The smallest absolute Gasteiger partial charge is 0.462 e. The molecule has 0 spiro atoms. The van der Waals surface area contributed by atoms with Crippen LogP contribution in [0.5, 0.6) is 0 Å². The Hall–Kier alpha value is -1.94. The van der Waals surface area contributed by atoms with Gasteiger partial charge in [0.05, 0.1) is 26.4 Å². The largest absolute Gasteiger partial charge is 0.472 e. The fraction of sp³-hybridized carbons (Fsp3) is 0.950. The van der Waals surface area contributed by atoms with Gasteiger partial charge < -0.3 is 33.8 Å². The quantitative estimate of drug-likeness (QED) is 0.0222. The minimum absolute atomic E-state index is 0.107. The lowest BCUT2D eigenvalue weighted by Crippen LogP contribution is -2.30. The Balaban J connectivity index is 5.22. The second-order valence-corrected chi connectivity index (χ2v) is 32.7. The minimum atomic E-state index is -4.96. The number of aliphatic hydroxyl groups is 1. The van der Waals surface area contributed by atoms with E-state index in [9.17, 15) is 43.2 Å². The van der Waals surface area contributed by atoms with E-state index in [1.54, 1.807) is 0 Å². The molecule has 99 heavy (non-hydrogen) atoms. The number of esters is 4. The van der Waals surface area contributed by atoms with Crippen LogP contribution in [-0.2, 0) is 65.4 Å². The van der Waals surface area contributed by atoms with Crippen LogP contribution in [0.3, 0.4) is 0 Å². The molecule has 588 valence electrons. The summed E-state index contributed by atoms with van der Waals surface area (Å²) in [5, 5.41) is 10.6. The molecular formula is C80H156O17P2. The lowest BCUT2D eigenvalue weighted by molar-refractivity contribution is -0.161. The van der Waals surface area contributed by atoms with Crippen molar-refractivity contribution < 1.29 is 80.2 Å². The number of rotatable bonds is 79. The van der Waals surface area contributed by atoms with E-state index in [1.165, 1.54) is 238 Å². The first-order valence-electron chi connectivity index (χ1n) is 41.5. The molecule has 0 rings (SSSR count). The SMILES string of the molecule is CCCCCCCCCCCCCCCCCCCC(=O)OC[C@H](COP(=O)(O)OC[C@@H](O)COP(=O)(O)OC[C@@H](COC(=O)CCCCCCCCCCC)OC(=O)CCCCCCCCCCCCCC(C)C)OC(=O)CCCCCCCCCCCCCCCCCCC(C)C. The van der Waals surface area contributed by atoms with Crippen molar-refractivity contribution in [2.45, 2.75) is 439 Å². The summed E-state index contributed by atoms with van der Waals surface area (Å²) in [7, 11) is -9.92. The first-order chi connectivity index (χ1) is 47.9. The van der Waals surface area contributed by atoms with E-state index in [4.69, 9.17) is 37.0 Å². The van der Waals surface area contributed by atoms with Crippen LogP contribution in [0.2, 0.25) is 0 Å². The first kappa shape index (κ1) is 97.1. The monoisotopic (exact) mass is 1450 g/mol. The van der Waals surface area contributed by atoms with E-state index >= 15 is 0 Å². The Bertz CT molecular complexity index is 1910. The number of carbonyl (C=O) groups excluding carboxylic acids is 4. The molecule has 0 saturated carbocycles. The Morgan fingerprint density at radius 1 is 0.273 bits per heavy atom. The zero-order valence-electron chi connectivity index (χ0n) is 64.8. The van der Waals surface area contributed by atoms with Crippen molar-refractivity contribution in [3.05, 3.63) is 0 Å². The van der Waals surface area contributed by atoms with Gasteiger partial charge in [-0.05, 0) is 37.5 Å². The van der Waals surface area contributed by atoms with Gasteiger partial charge in [0.25, 0.3) is 0 Å². The zero-order chi connectivity index (χ0) is 72.8. The molecule has 0 aliphatic carbocycles. The predicted octanol–water partition coefficient (Wildman–Crippen LogP) is 23.9. The summed E-state index contributed by atoms with van der Waals surface area (Å²) in [6, 6.07) is 0. The third-order valence-corrected chi connectivity index (χ3v) is 20.6. The highest BCUT2D eigenvalue weighted by Crippen LogP contribution is 2.45. The van der Waals surface area contributed by atoms with E-state index in [0.29, 0.717) is 25.7 Å². The molecule has 0 aliphatic rings. The van der Waals surface area contributed by atoms with E-state index < -0.39 is 97.5 Å². The van der Waals surface area contributed by atoms with Gasteiger partial charge in [0.2, 0.25) is 0 Å². The van der Waals surface area contributed by atoms with Crippen LogP contribution in [0.1, 0.15) is 420 Å². The Morgan fingerprint density at radius 3 is 0.687 bits per heavy atom. The summed E-state index contributed by atoms with van der Waals surface area (Å²) >= 11 is 0. The number of aliphatic hydroxyl groups excluding tert-OH is 1. The summed E-state index contributed by atoms with van der Waals surface area (Å²) in [5.74, 6) is -0.535. The van der Waals surface area contributed by atoms with Crippen molar-refractivity contribution in [2.24, 2.45) is 11.8 Å². The van der Waals surface area contributed by atoms with Crippen LogP contribution in [0, 0.1) is 11.8 Å². The molecule has 0 fully saturated rings. The molecule has 0 aromatic carbocycles. The van der Waals surface area contributed by atoms with Crippen molar-refractivity contribution in [1.29, 1.82) is 0 Å². The highest BCUT2D eigenvalue weighted by molar-refractivity contribution is 7.47. The van der Waals surface area contributed by atoms with Crippen LogP contribution < -0.4 is 0 Å². The molecule has 5 atom stereocenters. The van der Waals surface area contributed by atoms with E-state index in [-0.39, 0.29) is 25.7 Å². The van der Waals surface area contributed by atoms with E-state index in [2.05, 4.69) is 41.5 Å². The number of unbranched alkanes of at least 4 members (excludes halogenated alkanes) is 49. The Kier molecular flexibility index (Phi) is 70.3. The summed E-state index contributed by atoms with van der Waals surface area (Å²) in [6.45, 7) is 9.65. The topological polar surface area (TPSA) is 237 Å². The van der Waals surface area contributed by atoms with Gasteiger partial charge in [-0.3, -0.25) is 37.3 Å². The highest BCUT2D eigenvalue weighted by Gasteiger charge is 2.30. The fourth-order valence-corrected chi connectivity index (χ4v) is 13.9. The fourth-order valence-electron chi connectivity index (χ4n) is 12.4. The predicted molar refractivity (Wildman–Crippen MR) is 405 cm³/mol. The second-order valence-electron chi connectivity index (χ2n) is 29.8. The maximum absolute atomic E-state index is 13.1. The van der Waals surface area contributed by atoms with Gasteiger partial charge in [-0.15, -0.1) is 0 Å². The summed E-state index contributed by atoms with van der Waals surface area (Å²) < 4.78 is 68.6. The van der Waals surface area contributed by atoms with Gasteiger partial charge in [0, 0.05) is 25.7 Å². The summed E-state index contributed by atoms with van der Waals surface area (Å²) in [4.78, 5) is 72.9. The minimum Gasteiger partial charge on any atom is -0.462 e. The van der Waals surface area contributed by atoms with Crippen LogP contribution in [0.25, 0.3) is 0 Å². The number of hydrogen-bond acceptors (Lipinski definition) is 15. The van der Waals surface area contributed by atoms with Crippen molar-refractivity contribution in [3.8, 4) is 0 Å².